The van der Waals surface area contributed by atoms with E-state index < -0.39 is 5.82 Å². The number of nitrogens with zero attached hydrogens (tertiary/aromatic N) is 1. The molecule has 2 aromatic rings. The van der Waals surface area contributed by atoms with Crippen LogP contribution in [0.4, 0.5) is 4.39 Å². The molecule has 0 atom stereocenters. The highest BCUT2D eigenvalue weighted by Gasteiger charge is 2.15. The number of rotatable bonds is 2. The van der Waals surface area contributed by atoms with Crippen LogP contribution >= 0.6 is 15.9 Å². The van der Waals surface area contributed by atoms with Crippen LogP contribution in [0.5, 0.6) is 0 Å². The number of furan rings is 1. The van der Waals surface area contributed by atoms with Gasteiger partial charge in [-0.2, -0.15) is 0 Å². The number of carbonyl (C=O) groups excluding carboxylic acids is 1. The molecule has 0 saturated heterocycles. The third-order valence-corrected chi connectivity index (χ3v) is 2.44. The van der Waals surface area contributed by atoms with Crippen LogP contribution in [-0.2, 0) is 0 Å². The fraction of sp³-hybridized carbons (Fsp3) is 0. The van der Waals surface area contributed by atoms with E-state index in [2.05, 4.69) is 20.9 Å². The van der Waals surface area contributed by atoms with E-state index in [0.29, 0.717) is 10.2 Å². The second-order valence-electron chi connectivity index (χ2n) is 2.83. The second-order valence-corrected chi connectivity index (χ2v) is 3.55. The van der Waals surface area contributed by atoms with Crippen molar-refractivity contribution in [2.75, 3.05) is 0 Å². The zero-order chi connectivity index (χ0) is 10.8. The second kappa shape index (κ2) is 3.94. The fourth-order valence-electron chi connectivity index (χ4n) is 1.15. The molecule has 0 aromatic carbocycles. The lowest BCUT2D eigenvalue weighted by Gasteiger charge is -1.97. The van der Waals surface area contributed by atoms with Gasteiger partial charge in [0, 0.05) is 11.8 Å². The highest BCUT2D eigenvalue weighted by Crippen LogP contribution is 2.20. The Labute approximate surface area is 93.1 Å². The minimum absolute atomic E-state index is 0.192. The summed E-state index contributed by atoms with van der Waals surface area (Å²) < 4.78 is 18.1. The van der Waals surface area contributed by atoms with E-state index in [1.807, 2.05) is 0 Å². The van der Waals surface area contributed by atoms with Gasteiger partial charge in [-0.15, -0.1) is 0 Å². The highest BCUT2D eigenvalue weighted by atomic mass is 79.9. The van der Waals surface area contributed by atoms with Crippen LogP contribution in [0.2, 0.25) is 0 Å². The minimum Gasteiger partial charge on any atom is -0.457 e. The number of hydrogen-bond donors (Lipinski definition) is 0. The van der Waals surface area contributed by atoms with Crippen LogP contribution in [0.1, 0.15) is 15.9 Å². The molecule has 0 unspecified atom stereocenters. The van der Waals surface area contributed by atoms with E-state index in [0.717, 1.165) is 12.3 Å². The molecule has 3 nitrogen and oxygen atoms in total. The molecular formula is C10H5BrFNO2. The van der Waals surface area contributed by atoms with Gasteiger partial charge in [-0.25, -0.2) is 4.39 Å². The quantitative estimate of drug-likeness (QED) is 0.788. The van der Waals surface area contributed by atoms with Gasteiger partial charge >= 0.3 is 0 Å². The van der Waals surface area contributed by atoms with Crippen molar-refractivity contribution in [2.24, 2.45) is 0 Å². The Hall–Kier alpha value is -1.49. The van der Waals surface area contributed by atoms with Crippen molar-refractivity contribution in [3.05, 3.63) is 52.4 Å². The van der Waals surface area contributed by atoms with E-state index in [1.165, 1.54) is 18.5 Å². The van der Waals surface area contributed by atoms with Crippen molar-refractivity contribution in [2.45, 2.75) is 0 Å². The van der Waals surface area contributed by atoms with Crippen molar-refractivity contribution in [1.82, 2.24) is 4.98 Å². The molecule has 2 heterocycles. The van der Waals surface area contributed by atoms with Gasteiger partial charge in [0.15, 0.2) is 10.5 Å². The molecule has 2 aromatic heterocycles. The summed E-state index contributed by atoms with van der Waals surface area (Å²) in [7, 11) is 0. The normalized spacial score (nSPS) is 10.3. The molecule has 0 amide bonds. The molecule has 0 aliphatic rings. The first-order valence-corrected chi connectivity index (χ1v) is 4.86. The molecule has 0 N–H and O–H groups in total. The van der Waals surface area contributed by atoms with Gasteiger partial charge in [0.25, 0.3) is 0 Å². The molecule has 76 valence electrons. The van der Waals surface area contributed by atoms with Crippen LogP contribution in [0.3, 0.4) is 0 Å². The molecule has 0 bridgehead atoms. The predicted molar refractivity (Wildman–Crippen MR) is 54.0 cm³/mol. The Morgan fingerprint density at radius 2 is 2.27 bits per heavy atom. The van der Waals surface area contributed by atoms with Gasteiger partial charge in [0.05, 0.1) is 18.0 Å². The summed E-state index contributed by atoms with van der Waals surface area (Å²) in [5.74, 6) is -0.872. The lowest BCUT2D eigenvalue weighted by Crippen LogP contribution is -2.01. The minimum atomic E-state index is -0.541. The predicted octanol–water partition coefficient (Wildman–Crippen LogP) is 2.81. The molecular weight excluding hydrogens is 265 g/mol. The van der Waals surface area contributed by atoms with Crippen LogP contribution in [0, 0.1) is 5.82 Å². The van der Waals surface area contributed by atoms with E-state index in [9.17, 15) is 9.18 Å². The van der Waals surface area contributed by atoms with Crippen LogP contribution in [0.25, 0.3) is 0 Å². The van der Waals surface area contributed by atoms with Gasteiger partial charge < -0.3 is 4.42 Å². The van der Waals surface area contributed by atoms with Gasteiger partial charge in [0.1, 0.15) is 5.82 Å². The molecule has 0 radical (unpaired) electrons. The Kier molecular flexibility index (Phi) is 2.64. The summed E-state index contributed by atoms with van der Waals surface area (Å²) in [5, 5.41) is 0. The molecule has 0 aliphatic heterocycles. The summed E-state index contributed by atoms with van der Waals surface area (Å²) in [6, 6.07) is 2.64. The van der Waals surface area contributed by atoms with E-state index in [1.54, 1.807) is 0 Å². The Morgan fingerprint density at radius 1 is 1.47 bits per heavy atom. The Balaban J connectivity index is 2.41. The number of ketones is 1. The topological polar surface area (TPSA) is 43.1 Å². The highest BCUT2D eigenvalue weighted by molar-refractivity contribution is 9.10. The van der Waals surface area contributed by atoms with Crippen molar-refractivity contribution in [3.63, 3.8) is 0 Å². The number of hydrogen-bond acceptors (Lipinski definition) is 3. The maximum atomic E-state index is 12.8. The number of aromatic nitrogens is 1. The molecule has 0 aliphatic carbocycles. The molecule has 15 heavy (non-hydrogen) atoms. The molecule has 5 heteroatoms. The van der Waals surface area contributed by atoms with Crippen molar-refractivity contribution >= 4 is 21.7 Å². The lowest BCUT2D eigenvalue weighted by atomic mass is 10.1. The van der Waals surface area contributed by atoms with Crippen molar-refractivity contribution in [3.8, 4) is 0 Å². The molecule has 0 fully saturated rings. The SMILES string of the molecule is O=C(c1cncc(F)c1)c1ccoc1Br. The maximum Gasteiger partial charge on any atom is 0.199 e. The van der Waals surface area contributed by atoms with Gasteiger partial charge in [-0.1, -0.05) is 0 Å². The largest absolute Gasteiger partial charge is 0.457 e. The van der Waals surface area contributed by atoms with E-state index in [-0.39, 0.29) is 11.3 Å². The summed E-state index contributed by atoms with van der Waals surface area (Å²) in [6.45, 7) is 0. The van der Waals surface area contributed by atoms with Gasteiger partial charge in [-0.05, 0) is 28.1 Å². The van der Waals surface area contributed by atoms with Crippen LogP contribution < -0.4 is 0 Å². The smallest absolute Gasteiger partial charge is 0.199 e. The van der Waals surface area contributed by atoms with Crippen molar-refractivity contribution in [1.29, 1.82) is 0 Å². The Morgan fingerprint density at radius 3 is 2.87 bits per heavy atom. The Bertz CT molecular complexity index is 510. The van der Waals surface area contributed by atoms with Gasteiger partial charge in [-0.3, -0.25) is 9.78 Å². The summed E-state index contributed by atoms with van der Waals surface area (Å²) in [6.07, 6.45) is 3.73. The average Bonchev–Trinajstić information content (AvgIpc) is 2.63. The first-order chi connectivity index (χ1) is 7.18. The third-order valence-electron chi connectivity index (χ3n) is 1.83. The van der Waals surface area contributed by atoms with Crippen LogP contribution in [-0.4, -0.2) is 10.8 Å². The standard InChI is InChI=1S/C10H5BrFNO2/c11-10-8(1-2-15-10)9(14)6-3-7(12)5-13-4-6/h1-5H. The zero-order valence-electron chi connectivity index (χ0n) is 7.41. The van der Waals surface area contributed by atoms with Gasteiger partial charge in [0.2, 0.25) is 0 Å². The number of halogens is 2. The number of carbonyl (C=O) groups is 1. The molecule has 0 saturated carbocycles. The maximum absolute atomic E-state index is 12.8. The summed E-state index contributed by atoms with van der Waals surface area (Å²) in [5.41, 5.74) is 0.541. The zero-order valence-corrected chi connectivity index (χ0v) is 8.99. The summed E-state index contributed by atoms with van der Waals surface area (Å²) in [4.78, 5) is 15.4. The lowest BCUT2D eigenvalue weighted by molar-refractivity contribution is 0.103. The summed E-state index contributed by atoms with van der Waals surface area (Å²) >= 11 is 3.08. The fourth-order valence-corrected chi connectivity index (χ4v) is 1.57. The van der Waals surface area contributed by atoms with Crippen molar-refractivity contribution < 1.29 is 13.6 Å². The van der Waals surface area contributed by atoms with E-state index in [4.69, 9.17) is 4.42 Å². The van der Waals surface area contributed by atoms with E-state index >= 15 is 0 Å². The molecule has 2 rings (SSSR count). The monoisotopic (exact) mass is 269 g/mol. The molecule has 0 spiro atoms. The average molecular weight is 270 g/mol. The number of pyridine rings is 1. The third kappa shape index (κ3) is 1.97. The first kappa shape index (κ1) is 10.0. The first-order valence-electron chi connectivity index (χ1n) is 4.07. The van der Waals surface area contributed by atoms with Crippen LogP contribution in [0.15, 0.2) is 39.9 Å².